The zero-order chi connectivity index (χ0) is 16.2. The van der Waals surface area contributed by atoms with Crippen LogP contribution in [0.4, 0.5) is 0 Å². The highest BCUT2D eigenvalue weighted by atomic mass is 16.5. The molecule has 1 atom stereocenters. The SMILES string of the molecule is COc1ccc(Cc2nc3ccccc3n2CC(O)CO)cc1. The molecular weight excluding hydrogens is 292 g/mol. The quantitative estimate of drug-likeness (QED) is 0.730. The molecule has 2 aromatic carbocycles. The van der Waals surface area contributed by atoms with Crippen LogP contribution < -0.4 is 4.74 Å². The van der Waals surface area contributed by atoms with Gasteiger partial charge in [0.15, 0.2) is 0 Å². The first-order valence-electron chi connectivity index (χ1n) is 7.57. The van der Waals surface area contributed by atoms with E-state index in [1.54, 1.807) is 7.11 Å². The second kappa shape index (κ2) is 6.81. The second-order valence-electron chi connectivity index (χ2n) is 5.49. The molecule has 1 unspecified atom stereocenters. The van der Waals surface area contributed by atoms with Crippen molar-refractivity contribution in [3.63, 3.8) is 0 Å². The number of aromatic nitrogens is 2. The van der Waals surface area contributed by atoms with Crippen molar-refractivity contribution in [1.82, 2.24) is 9.55 Å². The molecule has 3 aromatic rings. The van der Waals surface area contributed by atoms with E-state index in [0.29, 0.717) is 13.0 Å². The monoisotopic (exact) mass is 312 g/mol. The number of nitrogens with zero attached hydrogens (tertiary/aromatic N) is 2. The Balaban J connectivity index is 1.96. The molecule has 23 heavy (non-hydrogen) atoms. The van der Waals surface area contributed by atoms with E-state index < -0.39 is 6.10 Å². The first-order valence-corrected chi connectivity index (χ1v) is 7.57. The molecule has 0 amide bonds. The minimum absolute atomic E-state index is 0.269. The van der Waals surface area contributed by atoms with Gasteiger partial charge in [0.05, 0.1) is 37.4 Å². The summed E-state index contributed by atoms with van der Waals surface area (Å²) in [7, 11) is 1.64. The fourth-order valence-corrected chi connectivity index (χ4v) is 2.66. The Hall–Kier alpha value is -2.37. The molecule has 0 spiro atoms. The highest BCUT2D eigenvalue weighted by Gasteiger charge is 2.14. The molecule has 3 rings (SSSR count). The van der Waals surface area contributed by atoms with E-state index >= 15 is 0 Å². The zero-order valence-electron chi connectivity index (χ0n) is 13.0. The molecule has 1 heterocycles. The van der Waals surface area contributed by atoms with Crippen LogP contribution in [0.5, 0.6) is 5.75 Å². The maximum atomic E-state index is 9.83. The van der Waals surface area contributed by atoms with Crippen molar-refractivity contribution in [2.24, 2.45) is 0 Å². The number of aliphatic hydroxyl groups excluding tert-OH is 2. The first-order chi connectivity index (χ1) is 11.2. The molecule has 5 nitrogen and oxygen atoms in total. The van der Waals surface area contributed by atoms with E-state index in [0.717, 1.165) is 28.2 Å². The Morgan fingerprint density at radius 2 is 1.87 bits per heavy atom. The lowest BCUT2D eigenvalue weighted by Gasteiger charge is -2.13. The van der Waals surface area contributed by atoms with Crippen molar-refractivity contribution in [1.29, 1.82) is 0 Å². The van der Waals surface area contributed by atoms with Crippen LogP contribution >= 0.6 is 0 Å². The molecule has 2 N–H and O–H groups in total. The Bertz CT molecular complexity index is 781. The highest BCUT2D eigenvalue weighted by Crippen LogP contribution is 2.20. The number of fused-ring (bicyclic) bond motifs is 1. The van der Waals surface area contributed by atoms with Crippen molar-refractivity contribution >= 4 is 11.0 Å². The van der Waals surface area contributed by atoms with Gasteiger partial charge in [0.25, 0.3) is 0 Å². The topological polar surface area (TPSA) is 67.5 Å². The van der Waals surface area contributed by atoms with Gasteiger partial charge in [-0.1, -0.05) is 24.3 Å². The van der Waals surface area contributed by atoms with Crippen LogP contribution in [0.1, 0.15) is 11.4 Å². The van der Waals surface area contributed by atoms with E-state index in [1.165, 1.54) is 0 Å². The minimum Gasteiger partial charge on any atom is -0.497 e. The number of hydrogen-bond donors (Lipinski definition) is 2. The van der Waals surface area contributed by atoms with Crippen molar-refractivity contribution in [3.05, 3.63) is 59.9 Å². The maximum Gasteiger partial charge on any atom is 0.118 e. The fourth-order valence-electron chi connectivity index (χ4n) is 2.66. The standard InChI is InChI=1S/C18H20N2O3/c1-23-15-8-6-13(7-9-15)10-18-19-16-4-2-3-5-17(16)20(18)11-14(22)12-21/h2-9,14,21-22H,10-12H2,1H3. The number of hydrogen-bond acceptors (Lipinski definition) is 4. The summed E-state index contributed by atoms with van der Waals surface area (Å²) in [4.78, 5) is 4.68. The third-order valence-corrected chi connectivity index (χ3v) is 3.86. The third kappa shape index (κ3) is 3.36. The van der Waals surface area contributed by atoms with Crippen molar-refractivity contribution in [2.75, 3.05) is 13.7 Å². The lowest BCUT2D eigenvalue weighted by atomic mass is 10.1. The summed E-state index contributed by atoms with van der Waals surface area (Å²) in [6.45, 7) is 0.0526. The molecule has 0 aliphatic heterocycles. The van der Waals surface area contributed by atoms with E-state index in [1.807, 2.05) is 53.1 Å². The van der Waals surface area contributed by atoms with Crippen LogP contribution in [0.2, 0.25) is 0 Å². The molecule has 0 radical (unpaired) electrons. The Morgan fingerprint density at radius 1 is 1.13 bits per heavy atom. The van der Waals surface area contributed by atoms with Crippen LogP contribution in [0.15, 0.2) is 48.5 Å². The number of methoxy groups -OCH3 is 1. The summed E-state index contributed by atoms with van der Waals surface area (Å²) in [5.74, 6) is 1.68. The molecule has 0 saturated heterocycles. The lowest BCUT2D eigenvalue weighted by molar-refractivity contribution is 0.0815. The van der Waals surface area contributed by atoms with Gasteiger partial charge in [0, 0.05) is 6.42 Å². The van der Waals surface area contributed by atoms with E-state index in [9.17, 15) is 5.11 Å². The average Bonchev–Trinajstić information content (AvgIpc) is 2.93. The molecule has 5 heteroatoms. The van der Waals surface area contributed by atoms with Crippen LogP contribution in [0, 0.1) is 0 Å². The van der Waals surface area contributed by atoms with Gasteiger partial charge in [-0.3, -0.25) is 0 Å². The minimum atomic E-state index is -0.803. The predicted molar refractivity (Wildman–Crippen MR) is 88.6 cm³/mol. The third-order valence-electron chi connectivity index (χ3n) is 3.86. The normalized spacial score (nSPS) is 12.5. The van der Waals surface area contributed by atoms with Crippen molar-refractivity contribution in [2.45, 2.75) is 19.1 Å². The summed E-state index contributed by atoms with van der Waals surface area (Å²) < 4.78 is 7.15. The van der Waals surface area contributed by atoms with Crippen LogP contribution in [-0.4, -0.2) is 39.6 Å². The Morgan fingerprint density at radius 3 is 2.57 bits per heavy atom. The zero-order valence-corrected chi connectivity index (χ0v) is 13.0. The Kier molecular flexibility index (Phi) is 4.60. The molecule has 0 fully saturated rings. The van der Waals surface area contributed by atoms with E-state index in [4.69, 9.17) is 9.84 Å². The summed E-state index contributed by atoms with van der Waals surface area (Å²) >= 11 is 0. The molecule has 0 aliphatic carbocycles. The molecule has 0 bridgehead atoms. The number of ether oxygens (including phenoxy) is 1. The smallest absolute Gasteiger partial charge is 0.118 e. The van der Waals surface area contributed by atoms with Gasteiger partial charge in [-0.25, -0.2) is 4.98 Å². The summed E-state index contributed by atoms with van der Waals surface area (Å²) in [6.07, 6.45) is -0.154. The van der Waals surface area contributed by atoms with Gasteiger partial charge >= 0.3 is 0 Å². The molecule has 0 saturated carbocycles. The van der Waals surface area contributed by atoms with Gasteiger partial charge in [-0.15, -0.1) is 0 Å². The molecule has 120 valence electrons. The summed E-state index contributed by atoms with van der Waals surface area (Å²) in [5, 5.41) is 19.0. The highest BCUT2D eigenvalue weighted by molar-refractivity contribution is 5.76. The van der Waals surface area contributed by atoms with Gasteiger partial charge in [-0.2, -0.15) is 0 Å². The lowest BCUT2D eigenvalue weighted by Crippen LogP contribution is -2.21. The van der Waals surface area contributed by atoms with Crippen molar-refractivity contribution in [3.8, 4) is 5.75 Å². The Labute approximate surface area is 134 Å². The van der Waals surface area contributed by atoms with E-state index in [2.05, 4.69) is 4.98 Å². The first kappa shape index (κ1) is 15.5. The van der Waals surface area contributed by atoms with Crippen LogP contribution in [-0.2, 0) is 13.0 Å². The second-order valence-corrected chi connectivity index (χ2v) is 5.49. The number of rotatable bonds is 6. The van der Waals surface area contributed by atoms with Gasteiger partial charge in [0.2, 0.25) is 0 Å². The number of benzene rings is 2. The molecule has 1 aromatic heterocycles. The van der Waals surface area contributed by atoms with Crippen molar-refractivity contribution < 1.29 is 14.9 Å². The predicted octanol–water partition coefficient (Wildman–Crippen LogP) is 1.99. The number of para-hydroxylation sites is 2. The van der Waals surface area contributed by atoms with E-state index in [-0.39, 0.29) is 6.61 Å². The molecular formula is C18H20N2O3. The van der Waals surface area contributed by atoms with Gasteiger partial charge < -0.3 is 19.5 Å². The number of imidazole rings is 1. The largest absolute Gasteiger partial charge is 0.497 e. The number of aliphatic hydroxyl groups is 2. The van der Waals surface area contributed by atoms with Crippen LogP contribution in [0.25, 0.3) is 11.0 Å². The van der Waals surface area contributed by atoms with Crippen LogP contribution in [0.3, 0.4) is 0 Å². The maximum absolute atomic E-state index is 9.83. The summed E-state index contributed by atoms with van der Waals surface area (Å²) in [5.41, 5.74) is 2.96. The average molecular weight is 312 g/mol. The van der Waals surface area contributed by atoms with Gasteiger partial charge in [0.1, 0.15) is 11.6 Å². The summed E-state index contributed by atoms with van der Waals surface area (Å²) in [6, 6.07) is 15.7. The fraction of sp³-hybridized carbons (Fsp3) is 0.278. The van der Waals surface area contributed by atoms with Gasteiger partial charge in [-0.05, 0) is 29.8 Å². The molecule has 0 aliphatic rings.